The number of rotatable bonds is 18. The molecule has 0 saturated heterocycles. The zero-order valence-corrected chi connectivity index (χ0v) is 69.5. The number of amides is 6. The maximum Gasteiger partial charge on any atom is 0.262 e. The zero-order valence-electron chi connectivity index (χ0n) is 69.5. The predicted molar refractivity (Wildman–Crippen MR) is 465 cm³/mol. The van der Waals surface area contributed by atoms with Crippen LogP contribution in [-0.4, -0.2) is 57.3 Å². The molecule has 15 rings (SSSR count). The lowest BCUT2D eigenvalue weighted by atomic mass is 9.80. The normalized spacial score (nSPS) is 14.1. The summed E-state index contributed by atoms with van der Waals surface area (Å²) in [5.74, 6) is -2.47. The van der Waals surface area contributed by atoms with Gasteiger partial charge in [0, 0.05) is 67.3 Å². The third-order valence-corrected chi connectivity index (χ3v) is 22.6. The summed E-state index contributed by atoms with van der Waals surface area (Å²) in [6, 6.07) is 68.3. The number of carbonyl (C=O) groups is 6. The Kier molecular flexibility index (Phi) is 20.0. The van der Waals surface area contributed by atoms with Crippen LogP contribution in [0.4, 0.5) is 11.4 Å². The van der Waals surface area contributed by atoms with Crippen LogP contribution in [0.15, 0.2) is 231 Å². The van der Waals surface area contributed by atoms with Gasteiger partial charge in [-0.15, -0.1) is 0 Å². The van der Waals surface area contributed by atoms with Crippen LogP contribution in [0.3, 0.4) is 0 Å². The second-order valence-corrected chi connectivity index (χ2v) is 37.2. The standard InChI is InChI=1S/C102H100N4O10/c1-97(2,3)61-29-41-67(42-30-61)103-91(107)77(53-59-25-21-19-22-26-59)105-93(109)73-55-79(113-69-45-33-63(34-46-69)99(7,8)9)85-87-81(115-71-49-37-65(38-50-71)101(13,14)15)57-75-84-76(96(112)106(95(75)111)78(54-60-27-23-20-24-28-60)92(108)104-68-43-31-62(32-44-68)98(4,5)6)58-82(116-72-51-39-66(40-52-72)102(16,17)18)88(90(84)87)86-80(56-74(94(105)110)83(73)89(85)86)114-70-47-35-64(36-48-70)100(10,11)12/h19-52,55-58,77-78H,53-54H2,1-18H3,(H,103,107)(H,104,108). The first-order valence-electron chi connectivity index (χ1n) is 39.9. The summed E-state index contributed by atoms with van der Waals surface area (Å²) in [6.45, 7) is 38.1. The van der Waals surface area contributed by atoms with Crippen molar-refractivity contribution in [3.8, 4) is 46.0 Å². The molecule has 0 aromatic heterocycles. The molecule has 14 heteroatoms. The first kappa shape index (κ1) is 78.8. The number of nitrogens with one attached hydrogen (secondary N) is 2. The number of hydrogen-bond acceptors (Lipinski definition) is 10. The number of hydrogen-bond donors (Lipinski definition) is 2. The first-order chi connectivity index (χ1) is 54.8. The zero-order chi connectivity index (χ0) is 82.6. The highest BCUT2D eigenvalue weighted by atomic mass is 16.5. The molecule has 2 aliphatic heterocycles. The number of carbonyl (C=O) groups excluding carboxylic acids is 6. The molecule has 2 N–H and O–H groups in total. The monoisotopic (exact) mass is 1540 g/mol. The van der Waals surface area contributed by atoms with Crippen molar-refractivity contribution in [3.05, 3.63) is 297 Å². The number of anilines is 2. The molecule has 2 heterocycles. The second-order valence-electron chi connectivity index (χ2n) is 37.2. The van der Waals surface area contributed by atoms with E-state index in [9.17, 15) is 0 Å². The van der Waals surface area contributed by atoms with Crippen LogP contribution < -0.4 is 29.6 Å². The van der Waals surface area contributed by atoms with E-state index in [-0.39, 0.29) is 101 Å². The Balaban J connectivity index is 1.08. The summed E-state index contributed by atoms with van der Waals surface area (Å²) in [4.78, 5) is 101. The maximum atomic E-state index is 16.9. The SMILES string of the molecule is CC(C)(C)c1ccc(NC(=O)C(Cc2ccccc2)N2C(=O)c3cc(Oc4ccc(C(C)(C)C)cc4)c4c5c(Oc6ccc(C(C)(C)C)cc6)cc6c7c(cc(Oc8ccc(C(C)(C)C)cc8)c(c8c(Oc9ccc(C(C)(C)C)cc9)cc(c3c48)C2=O)c75)C(=O)N(C(Cc2ccccc2)C(=O)Nc2ccc(C(C)(C)C)cc2)C6=O)cc1. The summed E-state index contributed by atoms with van der Waals surface area (Å²) in [6.07, 6.45) is -0.141. The van der Waals surface area contributed by atoms with Gasteiger partial charge < -0.3 is 29.6 Å². The maximum absolute atomic E-state index is 16.9. The lowest BCUT2D eigenvalue weighted by molar-refractivity contribution is -0.120. The number of fused-ring (bicyclic) bond motifs is 2. The molecule has 2 atom stereocenters. The molecule has 2 unspecified atom stereocenters. The van der Waals surface area contributed by atoms with Crippen LogP contribution >= 0.6 is 0 Å². The van der Waals surface area contributed by atoms with Gasteiger partial charge in [-0.25, -0.2) is 0 Å². The van der Waals surface area contributed by atoms with Crippen LogP contribution in [-0.2, 0) is 54.9 Å². The summed E-state index contributed by atoms with van der Waals surface area (Å²) in [7, 11) is 0. The van der Waals surface area contributed by atoms with Gasteiger partial charge in [0.05, 0.1) is 22.3 Å². The molecule has 0 bridgehead atoms. The summed E-state index contributed by atoms with van der Waals surface area (Å²) in [5.41, 5.74) is 7.07. The van der Waals surface area contributed by atoms with Crippen molar-refractivity contribution in [1.82, 2.24) is 9.80 Å². The van der Waals surface area contributed by atoms with E-state index < -0.39 is 47.5 Å². The van der Waals surface area contributed by atoms with Crippen molar-refractivity contribution in [2.24, 2.45) is 0 Å². The molecule has 0 fully saturated rings. The Morgan fingerprint density at radius 2 is 0.483 bits per heavy atom. The highest BCUT2D eigenvalue weighted by molar-refractivity contribution is 6.45. The smallest absolute Gasteiger partial charge is 0.262 e. The van der Waals surface area contributed by atoms with Gasteiger partial charge in [0.1, 0.15) is 58.1 Å². The lowest BCUT2D eigenvalue weighted by Gasteiger charge is -2.36. The second kappa shape index (κ2) is 29.5. The molecule has 0 radical (unpaired) electrons. The van der Waals surface area contributed by atoms with Gasteiger partial charge in [-0.1, -0.05) is 258 Å². The number of nitrogens with zero attached hydrogens (tertiary/aromatic N) is 2. The quantitative estimate of drug-likeness (QED) is 0.0479. The molecular formula is C102H100N4O10. The molecule has 14 nitrogen and oxygen atoms in total. The average molecular weight is 1540 g/mol. The Morgan fingerprint density at radius 3 is 0.690 bits per heavy atom. The summed E-state index contributed by atoms with van der Waals surface area (Å²) in [5, 5.41) is 8.44. The van der Waals surface area contributed by atoms with E-state index in [1.54, 1.807) is 24.3 Å². The fraction of sp³-hybridized carbons (Fsp3) is 0.275. The Labute approximate surface area is 679 Å². The van der Waals surface area contributed by atoms with Gasteiger partial charge in [-0.05, 0) is 174 Å². The highest BCUT2D eigenvalue weighted by Gasteiger charge is 2.47. The molecule has 0 saturated carbocycles. The third kappa shape index (κ3) is 15.3. The minimum absolute atomic E-state index is 0.0192. The molecule has 13 aromatic rings. The number of imide groups is 2. The molecule has 0 aliphatic carbocycles. The topological polar surface area (TPSA) is 170 Å². The van der Waals surface area contributed by atoms with Gasteiger partial charge in [-0.2, -0.15) is 0 Å². The van der Waals surface area contributed by atoms with Crippen molar-refractivity contribution in [2.45, 2.75) is 182 Å². The van der Waals surface area contributed by atoms with Crippen LogP contribution in [0.5, 0.6) is 46.0 Å². The van der Waals surface area contributed by atoms with E-state index in [0.29, 0.717) is 77.8 Å². The molecule has 588 valence electrons. The molecule has 6 amide bonds. The van der Waals surface area contributed by atoms with E-state index in [1.165, 1.54) is 0 Å². The Morgan fingerprint density at radius 1 is 0.276 bits per heavy atom. The van der Waals surface area contributed by atoms with Gasteiger partial charge in [0.2, 0.25) is 11.8 Å². The minimum Gasteiger partial charge on any atom is -0.457 e. The van der Waals surface area contributed by atoms with Crippen molar-refractivity contribution < 1.29 is 47.7 Å². The largest absolute Gasteiger partial charge is 0.457 e. The molecule has 2 aliphatic rings. The van der Waals surface area contributed by atoms with Crippen LogP contribution in [0, 0.1) is 0 Å². The van der Waals surface area contributed by atoms with Crippen LogP contribution in [0.25, 0.3) is 43.1 Å². The molecular weight excluding hydrogens is 1440 g/mol. The average Bonchev–Trinajstić information content (AvgIpc) is 0.669. The molecule has 0 spiro atoms. The fourth-order valence-corrected chi connectivity index (χ4v) is 15.9. The summed E-state index contributed by atoms with van der Waals surface area (Å²) < 4.78 is 29.9. The van der Waals surface area contributed by atoms with Gasteiger partial charge in [0.25, 0.3) is 23.6 Å². The number of ether oxygens (including phenoxy) is 4. The molecule has 116 heavy (non-hydrogen) atoms. The third-order valence-electron chi connectivity index (χ3n) is 22.6. The minimum atomic E-state index is -1.45. The Bertz CT molecular complexity index is 5410. The van der Waals surface area contributed by atoms with E-state index in [0.717, 1.165) is 43.2 Å². The van der Waals surface area contributed by atoms with Crippen molar-refractivity contribution in [1.29, 1.82) is 0 Å². The lowest BCUT2D eigenvalue weighted by Crippen LogP contribution is -2.53. The van der Waals surface area contributed by atoms with Gasteiger partial charge in [-0.3, -0.25) is 38.6 Å². The van der Waals surface area contributed by atoms with Crippen molar-refractivity contribution in [2.75, 3.05) is 10.6 Å². The Hall–Kier alpha value is -12.4. The van der Waals surface area contributed by atoms with Crippen molar-refractivity contribution >= 4 is 89.9 Å². The van der Waals surface area contributed by atoms with E-state index >= 15 is 28.8 Å². The van der Waals surface area contributed by atoms with Crippen LogP contribution in [0.1, 0.15) is 211 Å². The van der Waals surface area contributed by atoms with Crippen LogP contribution in [0.2, 0.25) is 0 Å². The van der Waals surface area contributed by atoms with E-state index in [1.807, 2.05) is 206 Å². The predicted octanol–water partition coefficient (Wildman–Crippen LogP) is 24.4. The van der Waals surface area contributed by atoms with Gasteiger partial charge >= 0.3 is 0 Å². The van der Waals surface area contributed by atoms with E-state index in [4.69, 9.17) is 18.9 Å². The van der Waals surface area contributed by atoms with E-state index in [2.05, 4.69) is 135 Å². The molecule has 13 aromatic carbocycles. The summed E-state index contributed by atoms with van der Waals surface area (Å²) >= 11 is 0. The number of benzene rings is 13. The highest BCUT2D eigenvalue weighted by Crippen LogP contribution is 2.59. The van der Waals surface area contributed by atoms with Crippen molar-refractivity contribution in [3.63, 3.8) is 0 Å². The van der Waals surface area contributed by atoms with Gasteiger partial charge in [0.15, 0.2) is 0 Å². The fourth-order valence-electron chi connectivity index (χ4n) is 15.9. The first-order valence-corrected chi connectivity index (χ1v) is 39.9.